The van der Waals surface area contributed by atoms with Crippen LogP contribution in [0, 0.1) is 5.92 Å². The number of carbonyl (C=O) groups excluding carboxylic acids is 2. The zero-order valence-electron chi connectivity index (χ0n) is 13.5. The van der Waals surface area contributed by atoms with Crippen molar-refractivity contribution in [1.29, 1.82) is 0 Å². The maximum atomic E-state index is 12.6. The van der Waals surface area contributed by atoms with E-state index in [9.17, 15) is 9.59 Å². The fourth-order valence-electron chi connectivity index (χ4n) is 3.37. The first-order chi connectivity index (χ1) is 11.2. The first kappa shape index (κ1) is 15.9. The molecule has 1 atom stereocenters. The van der Waals surface area contributed by atoms with Gasteiger partial charge in [0.25, 0.3) is 0 Å². The fourth-order valence-corrected chi connectivity index (χ4v) is 3.37. The van der Waals surface area contributed by atoms with Crippen molar-refractivity contribution in [1.82, 2.24) is 14.8 Å². The quantitative estimate of drug-likeness (QED) is 0.827. The van der Waals surface area contributed by atoms with Crippen molar-refractivity contribution in [2.24, 2.45) is 5.92 Å². The summed E-state index contributed by atoms with van der Waals surface area (Å²) in [5.74, 6) is 0.476. The number of amides is 2. The minimum absolute atomic E-state index is 0.0261. The molecule has 6 nitrogen and oxygen atoms in total. The molecular weight excluding hydrogens is 294 g/mol. The number of aromatic nitrogens is 1. The lowest BCUT2D eigenvalue weighted by Gasteiger charge is -2.43. The molecule has 124 valence electrons. The molecule has 0 spiro atoms. The van der Waals surface area contributed by atoms with E-state index in [1.165, 1.54) is 12.7 Å². The zero-order valence-corrected chi connectivity index (χ0v) is 13.5. The van der Waals surface area contributed by atoms with E-state index >= 15 is 0 Å². The van der Waals surface area contributed by atoms with Crippen molar-refractivity contribution in [2.75, 3.05) is 39.9 Å². The summed E-state index contributed by atoms with van der Waals surface area (Å²) in [6.07, 6.45) is 5.38. The van der Waals surface area contributed by atoms with E-state index < -0.39 is 0 Å². The van der Waals surface area contributed by atoms with E-state index in [-0.39, 0.29) is 24.3 Å². The number of likely N-dealkylation sites (tertiary alicyclic amines) is 2. The second-order valence-electron chi connectivity index (χ2n) is 6.34. The highest BCUT2D eigenvalue weighted by Crippen LogP contribution is 2.29. The van der Waals surface area contributed by atoms with Crippen molar-refractivity contribution < 1.29 is 14.3 Å². The summed E-state index contributed by atoms with van der Waals surface area (Å²) in [5.41, 5.74) is 1.19. The summed E-state index contributed by atoms with van der Waals surface area (Å²) in [7, 11) is 1.52. The van der Waals surface area contributed by atoms with Crippen LogP contribution in [0.1, 0.15) is 24.3 Å². The molecule has 1 aromatic heterocycles. The highest BCUT2D eigenvalue weighted by Gasteiger charge is 2.37. The number of methoxy groups -OCH3 is 1. The van der Waals surface area contributed by atoms with Crippen molar-refractivity contribution in [3.63, 3.8) is 0 Å². The van der Waals surface area contributed by atoms with Gasteiger partial charge in [-0.25, -0.2) is 0 Å². The van der Waals surface area contributed by atoms with Crippen LogP contribution in [0.4, 0.5) is 0 Å². The average Bonchev–Trinajstić information content (AvgIpc) is 2.55. The van der Waals surface area contributed by atoms with Gasteiger partial charge in [0, 0.05) is 51.6 Å². The van der Waals surface area contributed by atoms with E-state index in [1.54, 1.807) is 11.1 Å². The number of carbonyl (C=O) groups is 2. The Hall–Kier alpha value is -1.95. The third kappa shape index (κ3) is 3.52. The Labute approximate surface area is 136 Å². The minimum Gasteiger partial charge on any atom is -0.375 e. The monoisotopic (exact) mass is 317 g/mol. The molecule has 6 heteroatoms. The molecule has 0 radical (unpaired) electrons. The molecule has 2 saturated heterocycles. The highest BCUT2D eigenvalue weighted by atomic mass is 16.5. The second-order valence-corrected chi connectivity index (χ2v) is 6.34. The number of rotatable bonds is 4. The van der Waals surface area contributed by atoms with Crippen molar-refractivity contribution in [3.8, 4) is 0 Å². The molecule has 1 aromatic rings. The van der Waals surface area contributed by atoms with Crippen LogP contribution in [-0.4, -0.2) is 66.5 Å². The van der Waals surface area contributed by atoms with Crippen LogP contribution in [0.2, 0.25) is 0 Å². The number of piperidine rings is 1. The van der Waals surface area contributed by atoms with E-state index in [2.05, 4.69) is 11.1 Å². The molecule has 0 aromatic carbocycles. The third-order valence-electron chi connectivity index (χ3n) is 4.74. The fraction of sp³-hybridized carbons (Fsp3) is 0.588. The van der Waals surface area contributed by atoms with Gasteiger partial charge >= 0.3 is 0 Å². The Morgan fingerprint density at radius 2 is 2.13 bits per heavy atom. The van der Waals surface area contributed by atoms with Gasteiger partial charge in [0.2, 0.25) is 11.8 Å². The second kappa shape index (κ2) is 7.08. The highest BCUT2D eigenvalue weighted by molar-refractivity contribution is 5.82. The summed E-state index contributed by atoms with van der Waals surface area (Å²) in [6, 6.07) is 3.99. The predicted molar refractivity (Wildman–Crippen MR) is 84.7 cm³/mol. The molecule has 0 bridgehead atoms. The molecule has 0 aliphatic carbocycles. The third-order valence-corrected chi connectivity index (χ3v) is 4.74. The van der Waals surface area contributed by atoms with Gasteiger partial charge in [0.15, 0.2) is 0 Å². The van der Waals surface area contributed by atoms with E-state index in [0.29, 0.717) is 12.5 Å². The summed E-state index contributed by atoms with van der Waals surface area (Å²) in [5, 5.41) is 0. The first-order valence-corrected chi connectivity index (χ1v) is 8.14. The molecule has 2 aliphatic rings. The smallest absolute Gasteiger partial charge is 0.248 e. The number of hydrogen-bond acceptors (Lipinski definition) is 4. The van der Waals surface area contributed by atoms with Gasteiger partial charge in [-0.15, -0.1) is 0 Å². The normalized spacial score (nSPS) is 21.9. The molecule has 23 heavy (non-hydrogen) atoms. The van der Waals surface area contributed by atoms with E-state index in [1.807, 2.05) is 17.2 Å². The van der Waals surface area contributed by atoms with Crippen LogP contribution in [0.5, 0.6) is 0 Å². The molecule has 3 rings (SSSR count). The standard InChI is InChI=1S/C17H23N3O3/c1-23-12-16(21)19-7-3-5-14(9-19)17(22)20-10-15(11-20)13-4-2-6-18-8-13/h2,4,6,8,14-15H,3,5,7,9-12H2,1H3/t14-/m1/s1. The van der Waals surface area contributed by atoms with Gasteiger partial charge in [-0.3, -0.25) is 14.6 Å². The van der Waals surface area contributed by atoms with E-state index in [0.717, 1.165) is 32.5 Å². The first-order valence-electron chi connectivity index (χ1n) is 8.14. The number of ether oxygens (including phenoxy) is 1. The molecular formula is C17H23N3O3. The van der Waals surface area contributed by atoms with Crippen LogP contribution in [0.3, 0.4) is 0 Å². The Kier molecular flexibility index (Phi) is 4.91. The molecule has 2 fully saturated rings. The lowest BCUT2D eigenvalue weighted by Crippen LogP contribution is -2.54. The van der Waals surface area contributed by atoms with Gasteiger partial charge in [0.1, 0.15) is 6.61 Å². The average molecular weight is 317 g/mol. The minimum atomic E-state index is -0.0700. The maximum absolute atomic E-state index is 12.6. The summed E-state index contributed by atoms with van der Waals surface area (Å²) >= 11 is 0. The van der Waals surface area contributed by atoms with Crippen molar-refractivity contribution in [2.45, 2.75) is 18.8 Å². The molecule has 0 saturated carbocycles. The summed E-state index contributed by atoms with van der Waals surface area (Å²) in [6.45, 7) is 2.85. The van der Waals surface area contributed by atoms with Crippen molar-refractivity contribution >= 4 is 11.8 Å². The Morgan fingerprint density at radius 1 is 1.30 bits per heavy atom. The number of nitrogens with zero attached hydrogens (tertiary/aromatic N) is 3. The lowest BCUT2D eigenvalue weighted by molar-refractivity contribution is -0.145. The van der Waals surface area contributed by atoms with Gasteiger partial charge in [-0.2, -0.15) is 0 Å². The zero-order chi connectivity index (χ0) is 16.2. The molecule has 0 unspecified atom stereocenters. The van der Waals surface area contributed by atoms with Crippen LogP contribution >= 0.6 is 0 Å². The van der Waals surface area contributed by atoms with Crippen LogP contribution < -0.4 is 0 Å². The Bertz CT molecular complexity index is 557. The van der Waals surface area contributed by atoms with Gasteiger partial charge < -0.3 is 14.5 Å². The van der Waals surface area contributed by atoms with Gasteiger partial charge in [-0.05, 0) is 24.5 Å². The summed E-state index contributed by atoms with van der Waals surface area (Å²) < 4.78 is 4.90. The van der Waals surface area contributed by atoms with Crippen molar-refractivity contribution in [3.05, 3.63) is 30.1 Å². The Morgan fingerprint density at radius 3 is 2.83 bits per heavy atom. The predicted octanol–water partition coefficient (Wildman–Crippen LogP) is 0.892. The molecule has 2 aliphatic heterocycles. The van der Waals surface area contributed by atoms with Crippen LogP contribution in [0.15, 0.2) is 24.5 Å². The van der Waals surface area contributed by atoms with Gasteiger partial charge in [-0.1, -0.05) is 6.07 Å². The molecule has 2 amide bonds. The number of hydrogen-bond donors (Lipinski definition) is 0. The maximum Gasteiger partial charge on any atom is 0.248 e. The topological polar surface area (TPSA) is 62.7 Å². The SMILES string of the molecule is COCC(=O)N1CCC[C@@H](C(=O)N2CC(c3cccnc3)C2)C1. The lowest BCUT2D eigenvalue weighted by atomic mass is 9.89. The largest absolute Gasteiger partial charge is 0.375 e. The number of pyridine rings is 1. The molecule has 3 heterocycles. The van der Waals surface area contributed by atoms with Crippen LogP contribution in [0.25, 0.3) is 0 Å². The van der Waals surface area contributed by atoms with E-state index in [4.69, 9.17) is 4.74 Å². The Balaban J connectivity index is 1.52. The summed E-state index contributed by atoms with van der Waals surface area (Å²) in [4.78, 5) is 32.4. The van der Waals surface area contributed by atoms with Crippen LogP contribution in [-0.2, 0) is 14.3 Å². The molecule has 0 N–H and O–H groups in total. The van der Waals surface area contributed by atoms with Gasteiger partial charge in [0.05, 0.1) is 5.92 Å².